The molecule has 146 valence electrons. The molecule has 0 aliphatic carbocycles. The Morgan fingerprint density at radius 3 is 2.26 bits per heavy atom. The van der Waals surface area contributed by atoms with Gasteiger partial charge in [-0.15, -0.1) is 11.3 Å². The molecule has 0 aliphatic rings. The summed E-state index contributed by atoms with van der Waals surface area (Å²) in [5.74, 6) is -0.0947. The number of likely N-dealkylation sites (N-methyl/N-ethyl adjacent to an activating group) is 1. The van der Waals surface area contributed by atoms with Gasteiger partial charge in [0.1, 0.15) is 0 Å². The van der Waals surface area contributed by atoms with Crippen LogP contribution in [-0.4, -0.2) is 37.0 Å². The fraction of sp³-hybridized carbons (Fsp3) is 0.429. The van der Waals surface area contributed by atoms with Crippen molar-refractivity contribution < 1.29 is 14.5 Å². The van der Waals surface area contributed by atoms with Crippen molar-refractivity contribution in [2.24, 2.45) is 0 Å². The second kappa shape index (κ2) is 9.67. The summed E-state index contributed by atoms with van der Waals surface area (Å²) in [6.45, 7) is 9.11. The second-order valence-corrected chi connectivity index (χ2v) is 8.66. The summed E-state index contributed by atoms with van der Waals surface area (Å²) in [4.78, 5) is 26.9. The third-order valence-corrected chi connectivity index (χ3v) is 5.04. The lowest BCUT2D eigenvalue weighted by atomic mass is 10.1. The van der Waals surface area contributed by atoms with Crippen LogP contribution in [0.2, 0.25) is 0 Å². The van der Waals surface area contributed by atoms with E-state index >= 15 is 0 Å². The summed E-state index contributed by atoms with van der Waals surface area (Å²) in [5.41, 5.74) is 0.785. The molecule has 0 aliphatic heterocycles. The van der Waals surface area contributed by atoms with Crippen molar-refractivity contribution in [3.63, 3.8) is 0 Å². The molecule has 0 fully saturated rings. The molecule has 2 rings (SSSR count). The lowest BCUT2D eigenvalue weighted by Crippen LogP contribution is -3.14. The normalized spacial score (nSPS) is 13.6. The van der Waals surface area contributed by atoms with Crippen molar-refractivity contribution in [1.29, 1.82) is 0 Å². The van der Waals surface area contributed by atoms with E-state index in [9.17, 15) is 9.59 Å². The van der Waals surface area contributed by atoms with Crippen LogP contribution in [0.4, 0.5) is 0 Å². The minimum Gasteiger partial charge on any atom is -0.347 e. The monoisotopic (exact) mass is 388 g/mol. The van der Waals surface area contributed by atoms with Crippen LogP contribution in [0.3, 0.4) is 0 Å². The van der Waals surface area contributed by atoms with E-state index in [0.29, 0.717) is 6.54 Å². The first-order valence-electron chi connectivity index (χ1n) is 9.30. The lowest BCUT2D eigenvalue weighted by molar-refractivity contribution is -0.881. The van der Waals surface area contributed by atoms with E-state index in [2.05, 4.69) is 10.6 Å². The lowest BCUT2D eigenvalue weighted by Gasteiger charge is -2.24. The molecule has 1 aromatic heterocycles. The predicted octanol–water partition coefficient (Wildman–Crippen LogP) is 1.77. The number of thiophene rings is 1. The Kier molecular flexibility index (Phi) is 7.56. The Balaban J connectivity index is 2.01. The third kappa shape index (κ3) is 7.15. The van der Waals surface area contributed by atoms with Crippen molar-refractivity contribution in [3.05, 3.63) is 58.3 Å². The number of carbonyl (C=O) groups is 2. The first-order valence-corrected chi connectivity index (χ1v) is 10.2. The van der Waals surface area contributed by atoms with Crippen LogP contribution in [-0.2, 0) is 9.59 Å². The van der Waals surface area contributed by atoms with Gasteiger partial charge in [-0.2, -0.15) is 0 Å². The van der Waals surface area contributed by atoms with E-state index in [1.54, 1.807) is 11.3 Å². The van der Waals surface area contributed by atoms with Gasteiger partial charge in [-0.05, 0) is 44.7 Å². The van der Waals surface area contributed by atoms with Gasteiger partial charge in [0.25, 0.3) is 11.8 Å². The van der Waals surface area contributed by atoms with E-state index < -0.39 is 0 Å². The molecule has 1 aromatic carbocycles. The fourth-order valence-corrected chi connectivity index (χ4v) is 3.66. The Morgan fingerprint density at radius 2 is 1.70 bits per heavy atom. The number of carbonyl (C=O) groups excluding carboxylic acids is 2. The molecule has 0 spiro atoms. The summed E-state index contributed by atoms with van der Waals surface area (Å²) in [6.07, 6.45) is 0. The zero-order valence-electron chi connectivity index (χ0n) is 16.5. The van der Waals surface area contributed by atoms with Gasteiger partial charge in [-0.3, -0.25) is 9.59 Å². The van der Waals surface area contributed by atoms with E-state index in [0.717, 1.165) is 15.3 Å². The topological polar surface area (TPSA) is 62.6 Å². The maximum Gasteiger partial charge on any atom is 0.275 e. The van der Waals surface area contributed by atoms with Gasteiger partial charge >= 0.3 is 0 Å². The molecule has 6 heteroatoms. The smallest absolute Gasteiger partial charge is 0.275 e. The highest BCUT2D eigenvalue weighted by atomic mass is 32.1. The number of quaternary nitrogens is 1. The van der Waals surface area contributed by atoms with Gasteiger partial charge in [0, 0.05) is 10.4 Å². The van der Waals surface area contributed by atoms with E-state index in [1.165, 1.54) is 0 Å². The van der Waals surface area contributed by atoms with Crippen molar-refractivity contribution in [2.45, 2.75) is 39.3 Å². The molecule has 1 unspecified atom stereocenters. The van der Waals surface area contributed by atoms with Crippen LogP contribution in [0.25, 0.3) is 0 Å². The number of nitrogens with one attached hydrogen (secondary N) is 3. The van der Waals surface area contributed by atoms with Gasteiger partial charge in [0.05, 0.1) is 12.6 Å². The summed E-state index contributed by atoms with van der Waals surface area (Å²) in [7, 11) is 0. The quantitative estimate of drug-likeness (QED) is 0.645. The molecule has 5 nitrogen and oxygen atoms in total. The molecule has 1 heterocycles. The highest BCUT2D eigenvalue weighted by Gasteiger charge is 2.23. The first-order chi connectivity index (χ1) is 12.8. The van der Waals surface area contributed by atoms with E-state index in [4.69, 9.17) is 0 Å². The number of hydrogen-bond acceptors (Lipinski definition) is 3. The van der Waals surface area contributed by atoms with Crippen molar-refractivity contribution in [1.82, 2.24) is 10.6 Å². The summed E-state index contributed by atoms with van der Waals surface area (Å²) in [5, 5.41) is 8.11. The van der Waals surface area contributed by atoms with Crippen LogP contribution >= 0.6 is 11.3 Å². The minimum absolute atomic E-state index is 0.0370. The van der Waals surface area contributed by atoms with Crippen molar-refractivity contribution >= 4 is 23.2 Å². The van der Waals surface area contributed by atoms with E-state index in [1.807, 2.05) is 75.5 Å². The molecule has 2 aromatic rings. The van der Waals surface area contributed by atoms with Crippen LogP contribution in [0.1, 0.15) is 44.2 Å². The average Bonchev–Trinajstić information content (AvgIpc) is 3.12. The number of rotatable bonds is 8. The van der Waals surface area contributed by atoms with Gasteiger partial charge in [-0.25, -0.2) is 0 Å². The zero-order chi connectivity index (χ0) is 19.9. The molecule has 0 saturated carbocycles. The molecular weight excluding hydrogens is 358 g/mol. The molecule has 2 atom stereocenters. The van der Waals surface area contributed by atoms with Crippen LogP contribution < -0.4 is 15.5 Å². The Morgan fingerprint density at radius 1 is 1.04 bits per heavy atom. The Hall–Kier alpha value is -2.18. The molecular formula is C21H30N3O2S+. The minimum atomic E-state index is -0.268. The standard InChI is InChI=1S/C21H29N3O2S/c1-5-24(15-19(26)23-21(2,3)4)14-18(25)22-20(17-12-9-13-27-17)16-10-7-6-8-11-16/h6-13,20H,5,14-15H2,1-4H3,(H,22,25)(H,23,26)/p+1/t20-/m1/s1. The van der Waals surface area contributed by atoms with Gasteiger partial charge < -0.3 is 15.5 Å². The van der Waals surface area contributed by atoms with Crippen LogP contribution in [0.5, 0.6) is 0 Å². The fourth-order valence-electron chi connectivity index (χ4n) is 2.86. The third-order valence-electron chi connectivity index (χ3n) is 4.10. The molecule has 3 N–H and O–H groups in total. The van der Waals surface area contributed by atoms with Crippen LogP contribution in [0, 0.1) is 0 Å². The van der Waals surface area contributed by atoms with Crippen LogP contribution in [0.15, 0.2) is 47.8 Å². The maximum absolute atomic E-state index is 12.7. The predicted molar refractivity (Wildman–Crippen MR) is 110 cm³/mol. The summed E-state index contributed by atoms with van der Waals surface area (Å²) in [6, 6.07) is 13.8. The van der Waals surface area contributed by atoms with Gasteiger partial charge in [0.15, 0.2) is 13.1 Å². The van der Waals surface area contributed by atoms with Gasteiger partial charge in [-0.1, -0.05) is 36.4 Å². The second-order valence-electron chi connectivity index (χ2n) is 7.68. The molecule has 27 heavy (non-hydrogen) atoms. The van der Waals surface area contributed by atoms with E-state index in [-0.39, 0.29) is 36.5 Å². The number of amides is 2. The first kappa shape index (κ1) is 21.1. The highest BCUT2D eigenvalue weighted by Crippen LogP contribution is 2.25. The Bertz CT molecular complexity index is 724. The van der Waals surface area contributed by atoms with Crippen molar-refractivity contribution in [3.8, 4) is 0 Å². The SMILES string of the molecule is CC[NH+](CC(=O)N[C@H](c1ccccc1)c1cccs1)CC(=O)NC(C)(C)C. The highest BCUT2D eigenvalue weighted by molar-refractivity contribution is 7.10. The summed E-state index contributed by atoms with van der Waals surface area (Å²) >= 11 is 1.62. The average molecular weight is 389 g/mol. The molecule has 0 saturated heterocycles. The number of benzene rings is 1. The Labute approximate surface area is 165 Å². The van der Waals surface area contributed by atoms with Crippen molar-refractivity contribution in [2.75, 3.05) is 19.6 Å². The molecule has 0 bridgehead atoms. The summed E-state index contributed by atoms with van der Waals surface area (Å²) < 4.78 is 0. The van der Waals surface area contributed by atoms with Gasteiger partial charge in [0.2, 0.25) is 0 Å². The molecule has 0 radical (unpaired) electrons. The molecule has 2 amide bonds. The maximum atomic E-state index is 12.7. The largest absolute Gasteiger partial charge is 0.347 e. The zero-order valence-corrected chi connectivity index (χ0v) is 17.4. The number of hydrogen-bond donors (Lipinski definition) is 3.